The molecule has 7 heteroatoms. The summed E-state index contributed by atoms with van der Waals surface area (Å²) in [7, 11) is -3.34. The van der Waals surface area contributed by atoms with E-state index in [4.69, 9.17) is 0 Å². The molecule has 31 heavy (non-hydrogen) atoms. The summed E-state index contributed by atoms with van der Waals surface area (Å²) in [6.07, 6.45) is 5.66. The standard InChI is InChI=1S/C24H31N3O3S/c1-17-6-4-5-13-26(17)16-19-7-10-22(11-8-19)25-24(28)20-9-12-23-21(15-20)14-18(2)27(23)31(3,29)30/h7-12,15,17-18H,4-6,13-14,16H2,1-3H3,(H,25,28). The zero-order valence-corrected chi connectivity index (χ0v) is 19.3. The second kappa shape index (κ2) is 8.63. The molecule has 1 amide bonds. The average Bonchev–Trinajstić information content (AvgIpc) is 3.06. The quantitative estimate of drug-likeness (QED) is 0.761. The maximum Gasteiger partial charge on any atom is 0.255 e. The molecule has 0 bridgehead atoms. The fraction of sp³-hybridized carbons (Fsp3) is 0.458. The Bertz CT molecular complexity index is 1070. The summed E-state index contributed by atoms with van der Waals surface area (Å²) in [6, 6.07) is 13.8. The van der Waals surface area contributed by atoms with Crippen molar-refractivity contribution >= 4 is 27.3 Å². The third kappa shape index (κ3) is 4.77. The summed E-state index contributed by atoms with van der Waals surface area (Å²) in [5, 5.41) is 2.96. The molecule has 2 unspecified atom stereocenters. The third-order valence-corrected chi connectivity index (χ3v) is 7.66. The highest BCUT2D eigenvalue weighted by Gasteiger charge is 2.32. The zero-order valence-electron chi connectivity index (χ0n) is 18.5. The summed E-state index contributed by atoms with van der Waals surface area (Å²) in [6.45, 7) is 6.26. The molecule has 1 fully saturated rings. The van der Waals surface area contributed by atoms with Gasteiger partial charge >= 0.3 is 0 Å². The van der Waals surface area contributed by atoms with Crippen molar-refractivity contribution in [2.24, 2.45) is 0 Å². The number of rotatable bonds is 5. The van der Waals surface area contributed by atoms with Gasteiger partial charge in [0, 0.05) is 29.9 Å². The van der Waals surface area contributed by atoms with E-state index < -0.39 is 10.0 Å². The summed E-state index contributed by atoms with van der Waals surface area (Å²) < 4.78 is 25.6. The van der Waals surface area contributed by atoms with Crippen molar-refractivity contribution in [3.05, 3.63) is 59.2 Å². The van der Waals surface area contributed by atoms with Gasteiger partial charge in [-0.25, -0.2) is 8.42 Å². The minimum atomic E-state index is -3.34. The smallest absolute Gasteiger partial charge is 0.255 e. The molecule has 166 valence electrons. The lowest BCUT2D eigenvalue weighted by atomic mass is 10.0. The van der Waals surface area contributed by atoms with Crippen LogP contribution < -0.4 is 9.62 Å². The molecule has 0 aromatic heterocycles. The number of anilines is 2. The van der Waals surface area contributed by atoms with Crippen LogP contribution in [0.1, 0.15) is 54.6 Å². The molecule has 0 saturated carbocycles. The summed E-state index contributed by atoms with van der Waals surface area (Å²) >= 11 is 0. The highest BCUT2D eigenvalue weighted by atomic mass is 32.2. The van der Waals surface area contributed by atoms with Crippen molar-refractivity contribution in [3.63, 3.8) is 0 Å². The molecule has 2 atom stereocenters. The van der Waals surface area contributed by atoms with E-state index in [0.717, 1.165) is 24.3 Å². The molecule has 6 nitrogen and oxygen atoms in total. The van der Waals surface area contributed by atoms with Gasteiger partial charge in [0.15, 0.2) is 0 Å². The Hall–Kier alpha value is -2.38. The number of sulfonamides is 1. The number of likely N-dealkylation sites (tertiary alicyclic amines) is 1. The first-order valence-corrected chi connectivity index (χ1v) is 12.8. The van der Waals surface area contributed by atoms with Crippen LogP contribution in [-0.4, -0.2) is 44.1 Å². The molecule has 4 rings (SSSR count). The van der Waals surface area contributed by atoms with E-state index in [-0.39, 0.29) is 11.9 Å². The Morgan fingerprint density at radius 1 is 1.06 bits per heavy atom. The van der Waals surface area contributed by atoms with Crippen LogP contribution in [0.4, 0.5) is 11.4 Å². The fourth-order valence-corrected chi connectivity index (χ4v) is 6.04. The normalized spacial score (nSPS) is 21.7. The van der Waals surface area contributed by atoms with Crippen LogP contribution in [0.2, 0.25) is 0 Å². The van der Waals surface area contributed by atoms with Crippen molar-refractivity contribution in [2.45, 2.75) is 58.2 Å². The first kappa shape index (κ1) is 21.8. The van der Waals surface area contributed by atoms with Crippen molar-refractivity contribution in [1.29, 1.82) is 0 Å². The van der Waals surface area contributed by atoms with Gasteiger partial charge in [-0.15, -0.1) is 0 Å². The Morgan fingerprint density at radius 2 is 1.81 bits per heavy atom. The highest BCUT2D eigenvalue weighted by molar-refractivity contribution is 7.92. The molecule has 1 N–H and O–H groups in total. The van der Waals surface area contributed by atoms with E-state index >= 15 is 0 Å². The maximum absolute atomic E-state index is 12.8. The largest absolute Gasteiger partial charge is 0.322 e. The molecule has 2 aromatic rings. The van der Waals surface area contributed by atoms with Crippen molar-refractivity contribution in [1.82, 2.24) is 4.90 Å². The summed E-state index contributed by atoms with van der Waals surface area (Å²) in [5.74, 6) is -0.189. The van der Waals surface area contributed by atoms with E-state index in [1.54, 1.807) is 18.2 Å². The van der Waals surface area contributed by atoms with Crippen LogP contribution >= 0.6 is 0 Å². The number of piperidine rings is 1. The van der Waals surface area contributed by atoms with Gasteiger partial charge in [-0.2, -0.15) is 0 Å². The Kier molecular flexibility index (Phi) is 6.08. The second-order valence-corrected chi connectivity index (χ2v) is 10.8. The van der Waals surface area contributed by atoms with Gasteiger partial charge in [-0.1, -0.05) is 18.6 Å². The number of carbonyl (C=O) groups excluding carboxylic acids is 1. The van der Waals surface area contributed by atoms with Crippen LogP contribution in [0.15, 0.2) is 42.5 Å². The number of nitrogens with one attached hydrogen (secondary N) is 1. The molecule has 0 radical (unpaired) electrons. The topological polar surface area (TPSA) is 69.7 Å². The monoisotopic (exact) mass is 441 g/mol. The van der Waals surface area contributed by atoms with Gasteiger partial charge in [0.05, 0.1) is 11.9 Å². The number of amides is 1. The number of nitrogens with zero attached hydrogens (tertiary/aromatic N) is 2. The molecule has 2 aliphatic rings. The van der Waals surface area contributed by atoms with Gasteiger partial charge in [-0.05, 0) is 81.1 Å². The highest BCUT2D eigenvalue weighted by Crippen LogP contribution is 2.34. The van der Waals surface area contributed by atoms with Crippen molar-refractivity contribution in [3.8, 4) is 0 Å². The Balaban J connectivity index is 1.42. The van der Waals surface area contributed by atoms with Crippen LogP contribution in [0.5, 0.6) is 0 Å². The van der Waals surface area contributed by atoms with E-state index in [1.165, 1.54) is 35.4 Å². The van der Waals surface area contributed by atoms with Crippen molar-refractivity contribution < 1.29 is 13.2 Å². The van der Waals surface area contributed by atoms with Crippen LogP contribution in [0.3, 0.4) is 0 Å². The average molecular weight is 442 g/mol. The molecule has 0 spiro atoms. The van der Waals surface area contributed by atoms with Gasteiger partial charge in [0.25, 0.3) is 5.91 Å². The number of hydrogen-bond donors (Lipinski definition) is 1. The maximum atomic E-state index is 12.8. The SMILES string of the molecule is CC1CCCCN1Cc1ccc(NC(=O)c2ccc3c(c2)CC(C)N3S(C)(=O)=O)cc1. The minimum absolute atomic E-state index is 0.140. The first-order valence-electron chi connectivity index (χ1n) is 11.0. The molecular weight excluding hydrogens is 410 g/mol. The Labute approximate surface area is 185 Å². The lowest BCUT2D eigenvalue weighted by Gasteiger charge is -2.33. The van der Waals surface area contributed by atoms with E-state index in [0.29, 0.717) is 23.7 Å². The van der Waals surface area contributed by atoms with Gasteiger partial charge in [0.2, 0.25) is 10.0 Å². The summed E-state index contributed by atoms with van der Waals surface area (Å²) in [5.41, 5.74) is 4.10. The molecule has 2 heterocycles. The predicted molar refractivity (Wildman–Crippen MR) is 125 cm³/mol. The number of carbonyl (C=O) groups is 1. The van der Waals surface area contributed by atoms with Gasteiger partial charge < -0.3 is 5.32 Å². The first-order chi connectivity index (χ1) is 14.7. The number of fused-ring (bicyclic) bond motifs is 1. The van der Waals surface area contributed by atoms with Gasteiger partial charge in [0.1, 0.15) is 0 Å². The van der Waals surface area contributed by atoms with Crippen molar-refractivity contribution in [2.75, 3.05) is 22.4 Å². The third-order valence-electron chi connectivity index (χ3n) is 6.39. The minimum Gasteiger partial charge on any atom is -0.322 e. The zero-order chi connectivity index (χ0) is 22.2. The fourth-order valence-electron chi connectivity index (χ4n) is 4.77. The van der Waals surface area contributed by atoms with Crippen LogP contribution in [0.25, 0.3) is 0 Å². The van der Waals surface area contributed by atoms with Gasteiger partial charge in [-0.3, -0.25) is 14.0 Å². The van der Waals surface area contributed by atoms with E-state index in [2.05, 4.69) is 29.3 Å². The molecule has 1 saturated heterocycles. The summed E-state index contributed by atoms with van der Waals surface area (Å²) in [4.78, 5) is 15.3. The molecular formula is C24H31N3O3S. The lowest BCUT2D eigenvalue weighted by Crippen LogP contribution is -2.36. The number of hydrogen-bond acceptors (Lipinski definition) is 4. The Morgan fingerprint density at radius 3 is 2.48 bits per heavy atom. The molecule has 2 aliphatic heterocycles. The van der Waals surface area contributed by atoms with Crippen LogP contribution in [-0.2, 0) is 23.0 Å². The van der Waals surface area contributed by atoms with E-state index in [9.17, 15) is 13.2 Å². The molecule has 0 aliphatic carbocycles. The number of benzene rings is 2. The van der Waals surface area contributed by atoms with E-state index in [1.807, 2.05) is 19.1 Å². The van der Waals surface area contributed by atoms with Crippen LogP contribution in [0, 0.1) is 0 Å². The predicted octanol–water partition coefficient (Wildman–Crippen LogP) is 4.02. The molecule has 2 aromatic carbocycles. The lowest BCUT2D eigenvalue weighted by molar-refractivity contribution is 0.102. The second-order valence-electron chi connectivity index (χ2n) is 8.92.